The normalized spacial score (nSPS) is 8.62. The van der Waals surface area contributed by atoms with Gasteiger partial charge in [0, 0.05) is 13.2 Å². The average Bonchev–Trinajstić information content (AvgIpc) is 2.08. The summed E-state index contributed by atoms with van der Waals surface area (Å²) < 4.78 is 9.32. The van der Waals surface area contributed by atoms with Crippen LogP contribution >= 0.6 is 0 Å². The summed E-state index contributed by atoms with van der Waals surface area (Å²) in [6, 6.07) is 0. The third-order valence-electron chi connectivity index (χ3n) is 1.03. The molecular weight excluding hydrogens is 172 g/mol. The molecule has 0 bridgehead atoms. The van der Waals surface area contributed by atoms with Crippen molar-refractivity contribution < 1.29 is 19.4 Å². The standard InChI is InChI=1S/C5H10O3.C4H10O/c1-2-8-5(7)3-4-6;1-3-5-4-2/h6H,2-4H2,1H3;3-4H2,1-2H3. The van der Waals surface area contributed by atoms with E-state index in [1.807, 2.05) is 13.8 Å². The first-order valence-corrected chi connectivity index (χ1v) is 4.57. The number of ether oxygens (including phenoxy) is 2. The zero-order chi connectivity index (χ0) is 10.5. The molecule has 0 amide bonds. The molecule has 0 saturated carbocycles. The summed E-state index contributed by atoms with van der Waals surface area (Å²) in [6.07, 6.45) is 0.105. The van der Waals surface area contributed by atoms with E-state index in [4.69, 9.17) is 9.84 Å². The summed E-state index contributed by atoms with van der Waals surface area (Å²) in [4.78, 5) is 10.3. The molecule has 0 aliphatic rings. The van der Waals surface area contributed by atoms with E-state index in [2.05, 4.69) is 4.74 Å². The number of esters is 1. The quantitative estimate of drug-likeness (QED) is 0.659. The average molecular weight is 192 g/mol. The summed E-state index contributed by atoms with van der Waals surface area (Å²) in [5.41, 5.74) is 0. The van der Waals surface area contributed by atoms with Gasteiger partial charge in [-0.1, -0.05) is 0 Å². The fraction of sp³-hybridized carbons (Fsp3) is 0.889. The van der Waals surface area contributed by atoms with E-state index in [1.165, 1.54) is 0 Å². The van der Waals surface area contributed by atoms with Crippen LogP contribution in [0, 0.1) is 0 Å². The van der Waals surface area contributed by atoms with Crippen LogP contribution in [0.4, 0.5) is 0 Å². The van der Waals surface area contributed by atoms with Crippen molar-refractivity contribution >= 4 is 5.97 Å². The second-order valence-corrected chi connectivity index (χ2v) is 2.06. The summed E-state index contributed by atoms with van der Waals surface area (Å²) in [6.45, 7) is 7.66. The fourth-order valence-electron chi connectivity index (χ4n) is 0.529. The Balaban J connectivity index is 0. The number of hydrogen-bond donors (Lipinski definition) is 1. The van der Waals surface area contributed by atoms with E-state index < -0.39 is 0 Å². The third kappa shape index (κ3) is 18.4. The lowest BCUT2D eigenvalue weighted by Gasteiger charge is -1.96. The highest BCUT2D eigenvalue weighted by Gasteiger charge is 1.96. The van der Waals surface area contributed by atoms with Gasteiger partial charge < -0.3 is 14.6 Å². The number of carbonyl (C=O) groups is 1. The van der Waals surface area contributed by atoms with Gasteiger partial charge in [0.15, 0.2) is 0 Å². The van der Waals surface area contributed by atoms with Crippen LogP contribution in [0.1, 0.15) is 27.2 Å². The Morgan fingerprint density at radius 2 is 1.69 bits per heavy atom. The van der Waals surface area contributed by atoms with Gasteiger partial charge >= 0.3 is 5.97 Å². The predicted molar refractivity (Wildman–Crippen MR) is 50.5 cm³/mol. The SMILES string of the molecule is CCOC(=O)CCO.CCOCC. The van der Waals surface area contributed by atoms with Crippen molar-refractivity contribution in [2.24, 2.45) is 0 Å². The molecule has 0 spiro atoms. The topological polar surface area (TPSA) is 55.8 Å². The van der Waals surface area contributed by atoms with Gasteiger partial charge in [-0.2, -0.15) is 0 Å². The van der Waals surface area contributed by atoms with Crippen LogP contribution in [0.2, 0.25) is 0 Å². The number of aliphatic hydroxyl groups is 1. The van der Waals surface area contributed by atoms with Crippen LogP contribution in [0.5, 0.6) is 0 Å². The van der Waals surface area contributed by atoms with Gasteiger partial charge in [-0.3, -0.25) is 4.79 Å². The highest BCUT2D eigenvalue weighted by molar-refractivity contribution is 5.69. The Morgan fingerprint density at radius 1 is 1.15 bits per heavy atom. The first-order chi connectivity index (χ1) is 6.22. The predicted octanol–water partition coefficient (Wildman–Crippen LogP) is 0.975. The van der Waals surface area contributed by atoms with Crippen LogP contribution in [-0.4, -0.2) is 37.5 Å². The maximum atomic E-state index is 10.3. The first-order valence-electron chi connectivity index (χ1n) is 4.57. The zero-order valence-electron chi connectivity index (χ0n) is 8.71. The summed E-state index contributed by atoms with van der Waals surface area (Å²) >= 11 is 0. The van der Waals surface area contributed by atoms with Crippen LogP contribution in [0.25, 0.3) is 0 Å². The smallest absolute Gasteiger partial charge is 0.308 e. The minimum absolute atomic E-state index is 0.105. The molecule has 0 unspecified atom stereocenters. The third-order valence-corrected chi connectivity index (χ3v) is 1.03. The van der Waals surface area contributed by atoms with Crippen LogP contribution < -0.4 is 0 Å². The Bertz CT molecular complexity index is 93.8. The molecular formula is C9H20O4. The zero-order valence-corrected chi connectivity index (χ0v) is 8.71. The number of carbonyl (C=O) groups excluding carboxylic acids is 1. The molecule has 13 heavy (non-hydrogen) atoms. The van der Waals surface area contributed by atoms with E-state index in [0.29, 0.717) is 6.61 Å². The summed E-state index contributed by atoms with van der Waals surface area (Å²) in [5, 5.41) is 8.16. The lowest BCUT2D eigenvalue weighted by Crippen LogP contribution is -2.05. The minimum Gasteiger partial charge on any atom is -0.466 e. The van der Waals surface area contributed by atoms with Crippen LogP contribution in [0.15, 0.2) is 0 Å². The van der Waals surface area contributed by atoms with Crippen molar-refractivity contribution in [3.8, 4) is 0 Å². The molecule has 4 nitrogen and oxygen atoms in total. The van der Waals surface area contributed by atoms with Crippen LogP contribution in [0.3, 0.4) is 0 Å². The highest BCUT2D eigenvalue weighted by atomic mass is 16.5. The molecule has 1 N–H and O–H groups in total. The minimum atomic E-state index is -0.338. The van der Waals surface area contributed by atoms with Crippen molar-refractivity contribution in [2.75, 3.05) is 26.4 Å². The van der Waals surface area contributed by atoms with Crippen molar-refractivity contribution in [3.05, 3.63) is 0 Å². The molecule has 0 atom stereocenters. The Labute approximate surface area is 79.8 Å². The molecule has 0 rings (SSSR count). The Hall–Kier alpha value is -0.610. The maximum absolute atomic E-state index is 10.3. The maximum Gasteiger partial charge on any atom is 0.308 e. The lowest BCUT2D eigenvalue weighted by atomic mass is 10.5. The number of hydrogen-bond acceptors (Lipinski definition) is 4. The molecule has 0 saturated heterocycles. The van der Waals surface area contributed by atoms with Gasteiger partial charge in [0.2, 0.25) is 0 Å². The monoisotopic (exact) mass is 192 g/mol. The molecule has 0 heterocycles. The van der Waals surface area contributed by atoms with Crippen molar-refractivity contribution in [1.29, 1.82) is 0 Å². The van der Waals surface area contributed by atoms with Gasteiger partial charge in [-0.15, -0.1) is 0 Å². The number of aliphatic hydroxyl groups excluding tert-OH is 1. The van der Waals surface area contributed by atoms with E-state index in [-0.39, 0.29) is 19.0 Å². The van der Waals surface area contributed by atoms with Crippen molar-refractivity contribution in [2.45, 2.75) is 27.2 Å². The Morgan fingerprint density at radius 3 is 1.92 bits per heavy atom. The summed E-state index contributed by atoms with van der Waals surface area (Å²) in [7, 11) is 0. The first kappa shape index (κ1) is 14.9. The molecule has 0 aromatic rings. The van der Waals surface area contributed by atoms with E-state index in [0.717, 1.165) is 13.2 Å². The Kier molecular flexibility index (Phi) is 16.0. The second kappa shape index (κ2) is 13.9. The molecule has 0 aromatic carbocycles. The van der Waals surface area contributed by atoms with E-state index in [1.54, 1.807) is 6.92 Å². The molecule has 4 heteroatoms. The molecule has 80 valence electrons. The van der Waals surface area contributed by atoms with Gasteiger partial charge in [0.1, 0.15) is 0 Å². The van der Waals surface area contributed by atoms with Gasteiger partial charge in [0.05, 0.1) is 19.6 Å². The number of rotatable bonds is 5. The molecule has 0 aliphatic heterocycles. The van der Waals surface area contributed by atoms with Gasteiger partial charge in [-0.05, 0) is 20.8 Å². The molecule has 0 aliphatic carbocycles. The van der Waals surface area contributed by atoms with E-state index in [9.17, 15) is 4.79 Å². The fourth-order valence-corrected chi connectivity index (χ4v) is 0.529. The highest BCUT2D eigenvalue weighted by Crippen LogP contribution is 1.82. The molecule has 0 fully saturated rings. The second-order valence-electron chi connectivity index (χ2n) is 2.06. The van der Waals surface area contributed by atoms with E-state index >= 15 is 0 Å². The summed E-state index contributed by atoms with van der Waals surface area (Å²) in [5.74, 6) is -0.338. The lowest BCUT2D eigenvalue weighted by molar-refractivity contribution is -0.143. The van der Waals surface area contributed by atoms with Gasteiger partial charge in [-0.25, -0.2) is 0 Å². The molecule has 0 radical (unpaired) electrons. The van der Waals surface area contributed by atoms with Crippen molar-refractivity contribution in [1.82, 2.24) is 0 Å². The van der Waals surface area contributed by atoms with Crippen molar-refractivity contribution in [3.63, 3.8) is 0 Å². The van der Waals surface area contributed by atoms with Gasteiger partial charge in [0.25, 0.3) is 0 Å². The molecule has 0 aromatic heterocycles. The van der Waals surface area contributed by atoms with Crippen LogP contribution in [-0.2, 0) is 14.3 Å². The largest absolute Gasteiger partial charge is 0.466 e.